The zero-order chi connectivity index (χ0) is 18.7. The number of amides is 4. The fraction of sp³-hybridized carbons (Fsp3) is 0.500. The lowest BCUT2D eigenvalue weighted by Gasteiger charge is -2.31. The summed E-state index contributed by atoms with van der Waals surface area (Å²) in [7, 11) is 0. The van der Waals surface area contributed by atoms with Crippen molar-refractivity contribution in [1.29, 1.82) is 0 Å². The maximum absolute atomic E-state index is 12.9. The highest BCUT2D eigenvalue weighted by Gasteiger charge is 2.32. The largest absolute Gasteiger partial charge is 0.486 e. The Balaban J connectivity index is 1.76. The maximum Gasteiger partial charge on any atom is 0.322 e. The van der Waals surface area contributed by atoms with Crippen molar-refractivity contribution in [3.05, 3.63) is 23.8 Å². The molecule has 2 heterocycles. The second kappa shape index (κ2) is 7.63. The van der Waals surface area contributed by atoms with Gasteiger partial charge in [0.2, 0.25) is 11.8 Å². The summed E-state index contributed by atoms with van der Waals surface area (Å²) in [6, 6.07) is 4.11. The second-order valence-corrected chi connectivity index (χ2v) is 6.87. The normalized spacial score (nSPS) is 19.0. The number of fused-ring (bicyclic) bond motifs is 1. The molecule has 0 aromatic heterocycles. The quantitative estimate of drug-likeness (QED) is 0.817. The van der Waals surface area contributed by atoms with E-state index in [0.717, 1.165) is 5.56 Å². The van der Waals surface area contributed by atoms with Crippen molar-refractivity contribution in [3.63, 3.8) is 0 Å². The van der Waals surface area contributed by atoms with E-state index in [1.165, 1.54) is 0 Å². The Hall–Kier alpha value is -2.77. The molecule has 3 rings (SSSR count). The third-order valence-electron chi connectivity index (χ3n) is 4.12. The van der Waals surface area contributed by atoms with Gasteiger partial charge in [0.25, 0.3) is 0 Å². The molecule has 0 radical (unpaired) electrons. The fourth-order valence-corrected chi connectivity index (χ4v) is 3.06. The molecule has 8 heteroatoms. The van der Waals surface area contributed by atoms with Gasteiger partial charge in [0.1, 0.15) is 19.3 Å². The Morgan fingerprint density at radius 2 is 1.96 bits per heavy atom. The lowest BCUT2D eigenvalue weighted by atomic mass is 10.1. The Morgan fingerprint density at radius 3 is 2.65 bits per heavy atom. The first-order valence-electron chi connectivity index (χ1n) is 8.70. The molecule has 0 bridgehead atoms. The van der Waals surface area contributed by atoms with E-state index in [4.69, 9.17) is 9.47 Å². The van der Waals surface area contributed by atoms with E-state index < -0.39 is 18.0 Å². The predicted molar refractivity (Wildman–Crippen MR) is 92.8 cm³/mol. The van der Waals surface area contributed by atoms with Gasteiger partial charge in [0.15, 0.2) is 11.5 Å². The van der Waals surface area contributed by atoms with Gasteiger partial charge in [0.05, 0.1) is 6.42 Å². The minimum absolute atomic E-state index is 0.0553. The van der Waals surface area contributed by atoms with Gasteiger partial charge in [-0.05, 0) is 23.6 Å². The monoisotopic (exact) mass is 361 g/mol. The van der Waals surface area contributed by atoms with Crippen LogP contribution in [0.3, 0.4) is 0 Å². The molecule has 1 atom stereocenters. The van der Waals surface area contributed by atoms with Crippen molar-refractivity contribution in [3.8, 4) is 11.5 Å². The fourth-order valence-electron chi connectivity index (χ4n) is 3.06. The van der Waals surface area contributed by atoms with Gasteiger partial charge in [-0.25, -0.2) is 4.79 Å². The lowest BCUT2D eigenvalue weighted by molar-refractivity contribution is -0.137. The molecule has 2 aliphatic heterocycles. The van der Waals surface area contributed by atoms with Gasteiger partial charge in [-0.15, -0.1) is 0 Å². The predicted octanol–water partition coefficient (Wildman–Crippen LogP) is 1.04. The topological polar surface area (TPSA) is 97.0 Å². The molecule has 1 aromatic rings. The highest BCUT2D eigenvalue weighted by atomic mass is 16.6. The van der Waals surface area contributed by atoms with Crippen LogP contribution in [-0.4, -0.2) is 48.5 Å². The minimum atomic E-state index is -0.841. The summed E-state index contributed by atoms with van der Waals surface area (Å²) in [6.45, 7) is 5.91. The van der Waals surface area contributed by atoms with E-state index >= 15 is 0 Å². The average molecular weight is 361 g/mol. The zero-order valence-electron chi connectivity index (χ0n) is 14.9. The molecule has 8 nitrogen and oxygen atoms in total. The third kappa shape index (κ3) is 4.25. The van der Waals surface area contributed by atoms with Crippen molar-refractivity contribution in [2.75, 3.05) is 19.8 Å². The summed E-state index contributed by atoms with van der Waals surface area (Å²) < 4.78 is 11.1. The summed E-state index contributed by atoms with van der Waals surface area (Å²) in [5.74, 6) is 0.881. The van der Waals surface area contributed by atoms with Gasteiger partial charge in [-0.1, -0.05) is 19.9 Å². The molecule has 4 amide bonds. The Morgan fingerprint density at radius 1 is 1.23 bits per heavy atom. The van der Waals surface area contributed by atoms with Crippen LogP contribution in [0.25, 0.3) is 0 Å². The van der Waals surface area contributed by atoms with E-state index in [2.05, 4.69) is 10.6 Å². The summed E-state index contributed by atoms with van der Waals surface area (Å²) in [4.78, 5) is 37.6. The van der Waals surface area contributed by atoms with E-state index in [1.807, 2.05) is 32.0 Å². The number of ether oxygens (including phenoxy) is 2. The standard InChI is InChI=1S/C18H23N3O5/c1-11(2)9-21(17(23)13-8-16(22)20-18(24)19-13)10-12-3-4-14-15(7-12)26-6-5-25-14/h3-4,7,11,13H,5-6,8-10H2,1-2H3,(H2,19,20,22,24)/t13-/m1/s1. The van der Waals surface area contributed by atoms with E-state index in [-0.39, 0.29) is 18.2 Å². The smallest absolute Gasteiger partial charge is 0.322 e. The first-order valence-corrected chi connectivity index (χ1v) is 8.70. The van der Waals surface area contributed by atoms with Gasteiger partial charge in [0, 0.05) is 13.1 Å². The summed E-state index contributed by atoms with van der Waals surface area (Å²) in [6.07, 6.45) is -0.0553. The highest BCUT2D eigenvalue weighted by Crippen LogP contribution is 2.31. The first kappa shape index (κ1) is 18.0. The number of nitrogens with zero attached hydrogens (tertiary/aromatic N) is 1. The molecule has 0 spiro atoms. The molecule has 1 aromatic carbocycles. The number of hydrogen-bond acceptors (Lipinski definition) is 5. The molecular weight excluding hydrogens is 338 g/mol. The number of benzene rings is 1. The Bertz CT molecular complexity index is 703. The van der Waals surface area contributed by atoms with Crippen molar-refractivity contribution < 1.29 is 23.9 Å². The van der Waals surface area contributed by atoms with Crippen LogP contribution < -0.4 is 20.1 Å². The molecule has 0 aliphatic carbocycles. The van der Waals surface area contributed by atoms with Crippen LogP contribution >= 0.6 is 0 Å². The van der Waals surface area contributed by atoms with Crippen LogP contribution in [0.1, 0.15) is 25.8 Å². The van der Waals surface area contributed by atoms with Gasteiger partial charge >= 0.3 is 6.03 Å². The van der Waals surface area contributed by atoms with Crippen molar-refractivity contribution in [2.45, 2.75) is 32.9 Å². The Kier molecular flexibility index (Phi) is 5.29. The van der Waals surface area contributed by atoms with E-state index in [0.29, 0.717) is 37.8 Å². The van der Waals surface area contributed by atoms with Crippen molar-refractivity contribution in [2.24, 2.45) is 5.92 Å². The number of rotatable bonds is 5. The van der Waals surface area contributed by atoms with Crippen LogP contribution in [0, 0.1) is 5.92 Å². The molecule has 140 valence electrons. The van der Waals surface area contributed by atoms with Gasteiger partial charge in [-0.3, -0.25) is 14.9 Å². The summed E-state index contributed by atoms with van der Waals surface area (Å²) in [5.41, 5.74) is 0.898. The van der Waals surface area contributed by atoms with Crippen LogP contribution in [0.4, 0.5) is 4.79 Å². The molecule has 1 saturated heterocycles. The number of nitrogens with one attached hydrogen (secondary N) is 2. The third-order valence-corrected chi connectivity index (χ3v) is 4.12. The lowest BCUT2D eigenvalue weighted by Crippen LogP contribution is -2.58. The van der Waals surface area contributed by atoms with Gasteiger partial charge < -0.3 is 19.7 Å². The van der Waals surface area contributed by atoms with Crippen LogP contribution in [0.5, 0.6) is 11.5 Å². The van der Waals surface area contributed by atoms with Crippen molar-refractivity contribution >= 4 is 17.8 Å². The minimum Gasteiger partial charge on any atom is -0.486 e. The molecule has 26 heavy (non-hydrogen) atoms. The van der Waals surface area contributed by atoms with E-state index in [9.17, 15) is 14.4 Å². The number of carbonyl (C=O) groups excluding carboxylic acids is 3. The molecule has 2 aliphatic rings. The van der Waals surface area contributed by atoms with Crippen LogP contribution in [-0.2, 0) is 16.1 Å². The Labute approximate surface area is 151 Å². The number of hydrogen-bond donors (Lipinski definition) is 2. The first-order chi connectivity index (χ1) is 12.4. The molecule has 0 unspecified atom stereocenters. The van der Waals surface area contributed by atoms with Crippen molar-refractivity contribution in [1.82, 2.24) is 15.5 Å². The van der Waals surface area contributed by atoms with E-state index in [1.54, 1.807) is 4.90 Å². The maximum atomic E-state index is 12.9. The number of urea groups is 1. The second-order valence-electron chi connectivity index (χ2n) is 6.87. The van der Waals surface area contributed by atoms with Gasteiger partial charge in [-0.2, -0.15) is 0 Å². The molecule has 1 fully saturated rings. The number of carbonyl (C=O) groups is 3. The summed E-state index contributed by atoms with van der Waals surface area (Å²) >= 11 is 0. The SMILES string of the molecule is CC(C)CN(Cc1ccc2c(c1)OCCO2)C(=O)[C@H]1CC(=O)NC(=O)N1. The average Bonchev–Trinajstić information content (AvgIpc) is 2.59. The van der Waals surface area contributed by atoms with Crippen LogP contribution in [0.15, 0.2) is 18.2 Å². The molecule has 0 saturated carbocycles. The number of imide groups is 1. The zero-order valence-corrected chi connectivity index (χ0v) is 14.9. The molecular formula is C18H23N3O5. The highest BCUT2D eigenvalue weighted by molar-refractivity contribution is 6.02. The molecule has 2 N–H and O–H groups in total. The summed E-state index contributed by atoms with van der Waals surface area (Å²) in [5, 5.41) is 4.67. The van der Waals surface area contributed by atoms with Crippen LogP contribution in [0.2, 0.25) is 0 Å².